The number of nitrogens with zero attached hydrogens (tertiary/aromatic N) is 4. The second kappa shape index (κ2) is 8.26. The van der Waals surface area contributed by atoms with Crippen LogP contribution in [0.4, 0.5) is 13.2 Å². The highest BCUT2D eigenvalue weighted by Crippen LogP contribution is 2.30. The number of benzene rings is 1. The molecule has 0 fully saturated rings. The number of halogens is 3. The summed E-state index contributed by atoms with van der Waals surface area (Å²) in [6, 6.07) is 15.2. The predicted molar refractivity (Wildman–Crippen MR) is 122 cm³/mol. The van der Waals surface area contributed by atoms with Crippen molar-refractivity contribution >= 4 is 10.9 Å². The van der Waals surface area contributed by atoms with E-state index in [2.05, 4.69) is 20.2 Å². The molecule has 34 heavy (non-hydrogen) atoms. The van der Waals surface area contributed by atoms with Crippen molar-refractivity contribution in [3.63, 3.8) is 0 Å². The summed E-state index contributed by atoms with van der Waals surface area (Å²) in [4.78, 5) is 20.4. The summed E-state index contributed by atoms with van der Waals surface area (Å²) < 4.78 is 39.5. The molecule has 1 aromatic carbocycles. The molecule has 0 amide bonds. The SMILES string of the molecule is Cc1cc(-c2n[nH]c3ccc(-c4ccn(Cc5ccc(C(F)(F)F)nc5)c(=O)c4)cc23)ccn1. The van der Waals surface area contributed by atoms with Gasteiger partial charge in [-0.2, -0.15) is 18.3 Å². The van der Waals surface area contributed by atoms with Gasteiger partial charge < -0.3 is 4.57 Å². The lowest BCUT2D eigenvalue weighted by atomic mass is 10.0. The van der Waals surface area contributed by atoms with Crippen LogP contribution in [0, 0.1) is 6.92 Å². The molecule has 0 bridgehead atoms. The zero-order valence-electron chi connectivity index (χ0n) is 18.0. The van der Waals surface area contributed by atoms with Gasteiger partial charge in [-0.3, -0.25) is 19.9 Å². The molecule has 0 radical (unpaired) electrons. The third kappa shape index (κ3) is 4.19. The largest absolute Gasteiger partial charge is 0.433 e. The Bertz CT molecular complexity index is 1550. The van der Waals surface area contributed by atoms with Gasteiger partial charge in [0.25, 0.3) is 5.56 Å². The van der Waals surface area contributed by atoms with Crippen LogP contribution < -0.4 is 5.56 Å². The van der Waals surface area contributed by atoms with E-state index >= 15 is 0 Å². The topological polar surface area (TPSA) is 76.5 Å². The molecule has 6 nitrogen and oxygen atoms in total. The number of fused-ring (bicyclic) bond motifs is 1. The van der Waals surface area contributed by atoms with Gasteiger partial charge in [0, 0.05) is 41.3 Å². The van der Waals surface area contributed by atoms with Gasteiger partial charge in [0.05, 0.1) is 12.1 Å². The van der Waals surface area contributed by atoms with Crippen molar-refractivity contribution in [3.8, 4) is 22.4 Å². The second-order valence-electron chi connectivity index (χ2n) is 7.95. The van der Waals surface area contributed by atoms with Crippen LogP contribution in [-0.2, 0) is 12.7 Å². The van der Waals surface area contributed by atoms with Crippen molar-refractivity contribution in [1.82, 2.24) is 24.7 Å². The van der Waals surface area contributed by atoms with Gasteiger partial charge in [0.1, 0.15) is 11.4 Å². The van der Waals surface area contributed by atoms with Crippen LogP contribution in [0.5, 0.6) is 0 Å². The number of hydrogen-bond acceptors (Lipinski definition) is 4. The minimum absolute atomic E-state index is 0.122. The summed E-state index contributed by atoms with van der Waals surface area (Å²) in [6.45, 7) is 2.04. The Morgan fingerprint density at radius 1 is 0.941 bits per heavy atom. The zero-order valence-corrected chi connectivity index (χ0v) is 18.0. The Kier molecular flexibility index (Phi) is 5.24. The van der Waals surface area contributed by atoms with Crippen LogP contribution in [0.3, 0.4) is 0 Å². The van der Waals surface area contributed by atoms with Gasteiger partial charge in [0.2, 0.25) is 0 Å². The minimum Gasteiger partial charge on any atom is -0.311 e. The van der Waals surface area contributed by atoms with Crippen molar-refractivity contribution in [2.45, 2.75) is 19.6 Å². The summed E-state index contributed by atoms with van der Waals surface area (Å²) >= 11 is 0. The van der Waals surface area contributed by atoms with Crippen molar-refractivity contribution in [2.75, 3.05) is 0 Å². The van der Waals surface area contributed by atoms with Crippen LogP contribution in [0.1, 0.15) is 17.0 Å². The fraction of sp³-hybridized carbons (Fsp3) is 0.120. The number of aryl methyl sites for hydroxylation is 1. The standard InChI is InChI=1S/C25H18F3N5O/c1-15-10-19(6-8-29-15)24-20-11-17(3-4-21(20)31-32-24)18-7-9-33(23(34)12-18)14-16-2-5-22(30-13-16)25(26,27)28/h2-13H,14H2,1H3,(H,31,32). The molecule has 0 saturated carbocycles. The van der Waals surface area contributed by atoms with E-state index in [-0.39, 0.29) is 12.1 Å². The lowest BCUT2D eigenvalue weighted by Crippen LogP contribution is -2.19. The summed E-state index contributed by atoms with van der Waals surface area (Å²) in [6.07, 6.45) is 0.00442. The first-order chi connectivity index (χ1) is 16.3. The summed E-state index contributed by atoms with van der Waals surface area (Å²) in [5.41, 5.74) is 4.34. The normalized spacial score (nSPS) is 11.8. The fourth-order valence-corrected chi connectivity index (χ4v) is 3.81. The Labute approximate surface area is 191 Å². The Morgan fingerprint density at radius 3 is 2.47 bits per heavy atom. The molecule has 5 aromatic rings. The molecule has 0 saturated heterocycles. The molecular weight excluding hydrogens is 443 g/mol. The smallest absolute Gasteiger partial charge is 0.311 e. The third-order valence-electron chi connectivity index (χ3n) is 5.53. The Balaban J connectivity index is 1.44. The van der Waals surface area contributed by atoms with E-state index in [4.69, 9.17) is 0 Å². The molecule has 1 N–H and O–H groups in total. The van der Waals surface area contributed by atoms with Crippen LogP contribution in [-0.4, -0.2) is 24.7 Å². The maximum absolute atomic E-state index is 12.7. The Hall–Kier alpha value is -4.27. The molecule has 0 spiro atoms. The number of hydrogen-bond donors (Lipinski definition) is 1. The number of nitrogens with one attached hydrogen (secondary N) is 1. The van der Waals surface area contributed by atoms with Crippen LogP contribution in [0.25, 0.3) is 33.3 Å². The zero-order chi connectivity index (χ0) is 23.9. The fourth-order valence-electron chi connectivity index (χ4n) is 3.81. The molecule has 4 aromatic heterocycles. The molecule has 4 heterocycles. The monoisotopic (exact) mass is 461 g/mol. The maximum Gasteiger partial charge on any atom is 0.433 e. The van der Waals surface area contributed by atoms with E-state index < -0.39 is 11.9 Å². The van der Waals surface area contributed by atoms with Crippen molar-refractivity contribution in [2.24, 2.45) is 0 Å². The summed E-state index contributed by atoms with van der Waals surface area (Å²) in [5, 5.41) is 8.40. The van der Waals surface area contributed by atoms with E-state index in [1.54, 1.807) is 18.5 Å². The third-order valence-corrected chi connectivity index (χ3v) is 5.53. The highest BCUT2D eigenvalue weighted by Gasteiger charge is 2.32. The molecule has 0 unspecified atom stereocenters. The van der Waals surface area contributed by atoms with E-state index in [0.29, 0.717) is 5.56 Å². The number of pyridine rings is 3. The molecule has 0 aliphatic carbocycles. The van der Waals surface area contributed by atoms with Crippen molar-refractivity contribution < 1.29 is 13.2 Å². The van der Waals surface area contributed by atoms with Gasteiger partial charge in [0.15, 0.2) is 0 Å². The lowest BCUT2D eigenvalue weighted by molar-refractivity contribution is -0.141. The van der Waals surface area contributed by atoms with Crippen LogP contribution in [0.15, 0.2) is 78.0 Å². The van der Waals surface area contributed by atoms with Crippen molar-refractivity contribution in [3.05, 3.63) is 100 Å². The number of H-pyrrole nitrogens is 1. The van der Waals surface area contributed by atoms with Crippen LogP contribution in [0.2, 0.25) is 0 Å². The first-order valence-electron chi connectivity index (χ1n) is 10.4. The van der Waals surface area contributed by atoms with Gasteiger partial charge in [-0.25, -0.2) is 0 Å². The van der Waals surface area contributed by atoms with E-state index in [0.717, 1.165) is 51.2 Å². The lowest BCUT2D eigenvalue weighted by Gasteiger charge is -2.09. The van der Waals surface area contributed by atoms with Gasteiger partial charge >= 0.3 is 6.18 Å². The first kappa shape index (κ1) is 21.6. The molecule has 0 atom stereocenters. The van der Waals surface area contributed by atoms with Crippen molar-refractivity contribution in [1.29, 1.82) is 0 Å². The molecule has 9 heteroatoms. The first-order valence-corrected chi connectivity index (χ1v) is 10.4. The molecule has 0 aliphatic rings. The van der Waals surface area contributed by atoms with Gasteiger partial charge in [-0.05, 0) is 60.0 Å². The summed E-state index contributed by atoms with van der Waals surface area (Å²) in [5.74, 6) is 0. The predicted octanol–water partition coefficient (Wildman–Crippen LogP) is 5.22. The molecule has 0 aliphatic heterocycles. The quantitative estimate of drug-likeness (QED) is 0.398. The molecular formula is C25H18F3N5O. The average Bonchev–Trinajstić information content (AvgIpc) is 3.23. The number of aromatic amines is 1. The van der Waals surface area contributed by atoms with Gasteiger partial charge in [-0.15, -0.1) is 0 Å². The molecule has 5 rings (SSSR count). The minimum atomic E-state index is -4.50. The molecule has 170 valence electrons. The average molecular weight is 461 g/mol. The van der Waals surface area contributed by atoms with E-state index in [9.17, 15) is 18.0 Å². The maximum atomic E-state index is 12.7. The highest BCUT2D eigenvalue weighted by atomic mass is 19.4. The second-order valence-corrected chi connectivity index (χ2v) is 7.95. The Morgan fingerprint density at radius 2 is 1.76 bits per heavy atom. The van der Waals surface area contributed by atoms with Crippen LogP contribution >= 0.6 is 0 Å². The summed E-state index contributed by atoms with van der Waals surface area (Å²) in [7, 11) is 0. The van der Waals surface area contributed by atoms with E-state index in [1.807, 2.05) is 37.3 Å². The van der Waals surface area contributed by atoms with Gasteiger partial charge in [-0.1, -0.05) is 12.1 Å². The number of alkyl halides is 3. The highest BCUT2D eigenvalue weighted by molar-refractivity contribution is 5.95. The number of rotatable bonds is 4. The number of aromatic nitrogens is 5. The van der Waals surface area contributed by atoms with E-state index in [1.165, 1.54) is 16.7 Å².